The molecule has 0 atom stereocenters. The Morgan fingerprint density at radius 1 is 0.909 bits per heavy atom. The van der Waals surface area contributed by atoms with E-state index < -0.39 is 0 Å². The molecule has 0 saturated heterocycles. The van der Waals surface area contributed by atoms with Crippen LogP contribution in [-0.4, -0.2) is 17.9 Å². The molecule has 1 N–H and O–H groups in total. The van der Waals surface area contributed by atoms with Crippen LogP contribution in [0.5, 0.6) is 5.75 Å². The number of ether oxygens (including phenoxy) is 1. The Kier molecular flexibility index (Phi) is 5.60. The Bertz CT molecular complexity index is 1390. The second kappa shape index (κ2) is 9.01. The molecule has 5 rings (SSSR count). The summed E-state index contributed by atoms with van der Waals surface area (Å²) in [4.78, 5) is 17.9. The summed E-state index contributed by atoms with van der Waals surface area (Å²) in [6.45, 7) is 0.613. The van der Waals surface area contributed by atoms with Crippen molar-refractivity contribution in [2.75, 3.05) is 12.4 Å². The van der Waals surface area contributed by atoms with Crippen molar-refractivity contribution in [1.82, 2.24) is 4.98 Å². The second-order valence-electron chi connectivity index (χ2n) is 7.61. The largest absolute Gasteiger partial charge is 0.497 e. The SMILES string of the molecule is COc1ccc(-c2oc3ccccc3c2C(=O)c2ccc(NCc3ccccn3)cc2)cc1. The van der Waals surface area contributed by atoms with Crippen LogP contribution < -0.4 is 10.1 Å². The first-order valence-corrected chi connectivity index (χ1v) is 10.7. The molecule has 2 aromatic heterocycles. The molecular weight excluding hydrogens is 412 g/mol. The molecular formula is C28H22N2O3. The molecule has 0 bridgehead atoms. The van der Waals surface area contributed by atoms with E-state index in [2.05, 4.69) is 10.3 Å². The summed E-state index contributed by atoms with van der Waals surface area (Å²) in [5.74, 6) is 1.22. The van der Waals surface area contributed by atoms with E-state index in [1.807, 2.05) is 91.0 Å². The molecule has 5 aromatic rings. The molecule has 33 heavy (non-hydrogen) atoms. The molecule has 0 aliphatic heterocycles. The summed E-state index contributed by atoms with van der Waals surface area (Å²) in [6, 6.07) is 28.4. The highest BCUT2D eigenvalue weighted by Gasteiger charge is 2.23. The zero-order chi connectivity index (χ0) is 22.6. The number of fused-ring (bicyclic) bond motifs is 1. The molecule has 0 aliphatic carbocycles. The molecule has 0 amide bonds. The van der Waals surface area contributed by atoms with E-state index in [0.717, 1.165) is 28.1 Å². The van der Waals surface area contributed by atoms with Gasteiger partial charge in [0, 0.05) is 28.4 Å². The average Bonchev–Trinajstić information content (AvgIpc) is 3.27. The first-order chi connectivity index (χ1) is 16.2. The molecule has 5 heteroatoms. The molecule has 3 aromatic carbocycles. The highest BCUT2D eigenvalue weighted by molar-refractivity contribution is 6.19. The lowest BCUT2D eigenvalue weighted by molar-refractivity contribution is 0.104. The third-order valence-electron chi connectivity index (χ3n) is 5.52. The highest BCUT2D eigenvalue weighted by Crippen LogP contribution is 2.36. The van der Waals surface area contributed by atoms with E-state index in [9.17, 15) is 4.79 Å². The number of para-hydroxylation sites is 1. The lowest BCUT2D eigenvalue weighted by Gasteiger charge is -2.08. The summed E-state index contributed by atoms with van der Waals surface area (Å²) in [5.41, 5.74) is 4.53. The van der Waals surface area contributed by atoms with Gasteiger partial charge < -0.3 is 14.5 Å². The van der Waals surface area contributed by atoms with E-state index >= 15 is 0 Å². The average molecular weight is 434 g/mol. The highest BCUT2D eigenvalue weighted by atomic mass is 16.5. The summed E-state index contributed by atoms with van der Waals surface area (Å²) in [5, 5.41) is 4.13. The summed E-state index contributed by atoms with van der Waals surface area (Å²) < 4.78 is 11.4. The van der Waals surface area contributed by atoms with Crippen LogP contribution in [0, 0.1) is 0 Å². The van der Waals surface area contributed by atoms with Gasteiger partial charge in [0.1, 0.15) is 17.1 Å². The van der Waals surface area contributed by atoms with Gasteiger partial charge in [-0.3, -0.25) is 9.78 Å². The monoisotopic (exact) mass is 434 g/mol. The lowest BCUT2D eigenvalue weighted by Crippen LogP contribution is -2.04. The van der Waals surface area contributed by atoms with Crippen molar-refractivity contribution in [2.24, 2.45) is 0 Å². The van der Waals surface area contributed by atoms with Crippen molar-refractivity contribution in [3.05, 3.63) is 114 Å². The number of pyridine rings is 1. The molecule has 0 unspecified atom stereocenters. The fourth-order valence-corrected chi connectivity index (χ4v) is 3.80. The third-order valence-corrected chi connectivity index (χ3v) is 5.52. The first kappa shape index (κ1) is 20.5. The van der Waals surface area contributed by atoms with Gasteiger partial charge >= 0.3 is 0 Å². The summed E-state index contributed by atoms with van der Waals surface area (Å²) >= 11 is 0. The number of hydrogen-bond donors (Lipinski definition) is 1. The fourth-order valence-electron chi connectivity index (χ4n) is 3.80. The van der Waals surface area contributed by atoms with Crippen LogP contribution in [-0.2, 0) is 6.54 Å². The molecule has 162 valence electrons. The molecule has 5 nitrogen and oxygen atoms in total. The van der Waals surface area contributed by atoms with Crippen LogP contribution in [0.15, 0.2) is 102 Å². The van der Waals surface area contributed by atoms with Crippen LogP contribution in [0.25, 0.3) is 22.3 Å². The number of rotatable bonds is 7. The molecule has 0 spiro atoms. The van der Waals surface area contributed by atoms with E-state index in [0.29, 0.717) is 29.0 Å². The second-order valence-corrected chi connectivity index (χ2v) is 7.61. The van der Waals surface area contributed by atoms with Gasteiger partial charge in [0.2, 0.25) is 0 Å². The number of nitrogens with one attached hydrogen (secondary N) is 1. The zero-order valence-electron chi connectivity index (χ0n) is 18.1. The smallest absolute Gasteiger partial charge is 0.197 e. The Labute approximate surface area is 191 Å². The summed E-state index contributed by atoms with van der Waals surface area (Å²) in [7, 11) is 1.63. The number of carbonyl (C=O) groups is 1. The molecule has 0 aliphatic rings. The van der Waals surface area contributed by atoms with Gasteiger partial charge in [-0.05, 0) is 66.7 Å². The zero-order valence-corrected chi connectivity index (χ0v) is 18.1. The van der Waals surface area contributed by atoms with E-state index in [4.69, 9.17) is 9.15 Å². The number of benzene rings is 3. The Morgan fingerprint density at radius 2 is 1.67 bits per heavy atom. The van der Waals surface area contributed by atoms with Crippen LogP contribution in [0.3, 0.4) is 0 Å². The minimum atomic E-state index is -0.0814. The molecule has 2 heterocycles. The lowest BCUT2D eigenvalue weighted by atomic mass is 9.97. The topological polar surface area (TPSA) is 64.4 Å². The minimum Gasteiger partial charge on any atom is -0.497 e. The van der Waals surface area contributed by atoms with Crippen molar-refractivity contribution in [2.45, 2.75) is 6.54 Å². The molecule has 0 saturated carbocycles. The van der Waals surface area contributed by atoms with Gasteiger partial charge in [0.25, 0.3) is 0 Å². The molecule has 0 radical (unpaired) electrons. The van der Waals surface area contributed by atoms with Gasteiger partial charge in [-0.2, -0.15) is 0 Å². The van der Waals surface area contributed by atoms with Gasteiger partial charge in [-0.25, -0.2) is 0 Å². The normalized spacial score (nSPS) is 10.8. The maximum atomic E-state index is 13.6. The van der Waals surface area contributed by atoms with E-state index in [-0.39, 0.29) is 5.78 Å². The van der Waals surface area contributed by atoms with Crippen LogP contribution in [0.2, 0.25) is 0 Å². The predicted molar refractivity (Wildman–Crippen MR) is 130 cm³/mol. The maximum Gasteiger partial charge on any atom is 0.197 e. The van der Waals surface area contributed by atoms with Crippen molar-refractivity contribution in [3.8, 4) is 17.1 Å². The Morgan fingerprint density at radius 3 is 2.39 bits per heavy atom. The number of furan rings is 1. The fraction of sp³-hybridized carbons (Fsp3) is 0.0714. The van der Waals surface area contributed by atoms with Crippen LogP contribution >= 0.6 is 0 Å². The van der Waals surface area contributed by atoms with Crippen molar-refractivity contribution in [3.63, 3.8) is 0 Å². The van der Waals surface area contributed by atoms with Crippen molar-refractivity contribution >= 4 is 22.4 Å². The maximum absolute atomic E-state index is 13.6. The van der Waals surface area contributed by atoms with Crippen molar-refractivity contribution < 1.29 is 13.9 Å². The minimum absolute atomic E-state index is 0.0814. The number of nitrogens with zero attached hydrogens (tertiary/aromatic N) is 1. The first-order valence-electron chi connectivity index (χ1n) is 10.7. The third kappa shape index (κ3) is 4.21. The van der Waals surface area contributed by atoms with Gasteiger partial charge in [-0.1, -0.05) is 24.3 Å². The number of carbonyl (C=O) groups excluding carboxylic acids is 1. The van der Waals surface area contributed by atoms with E-state index in [1.54, 1.807) is 13.3 Å². The van der Waals surface area contributed by atoms with Gasteiger partial charge in [-0.15, -0.1) is 0 Å². The number of aromatic nitrogens is 1. The van der Waals surface area contributed by atoms with Crippen molar-refractivity contribution in [1.29, 1.82) is 0 Å². The number of hydrogen-bond acceptors (Lipinski definition) is 5. The summed E-state index contributed by atoms with van der Waals surface area (Å²) in [6.07, 6.45) is 1.77. The van der Waals surface area contributed by atoms with Gasteiger partial charge in [0.15, 0.2) is 5.78 Å². The number of ketones is 1. The standard InChI is InChI=1S/C28H22N2O3/c1-32-23-15-11-20(12-16-23)28-26(24-7-2-3-8-25(24)33-28)27(31)19-9-13-21(14-10-19)30-18-22-6-4-5-17-29-22/h2-17,30H,18H2,1H3. The van der Waals surface area contributed by atoms with Crippen LogP contribution in [0.4, 0.5) is 5.69 Å². The van der Waals surface area contributed by atoms with E-state index in [1.165, 1.54) is 0 Å². The Balaban J connectivity index is 1.46. The van der Waals surface area contributed by atoms with Gasteiger partial charge in [0.05, 0.1) is 24.9 Å². The predicted octanol–water partition coefficient (Wildman–Crippen LogP) is 6.35. The number of anilines is 1. The molecule has 0 fully saturated rings. The Hall–Kier alpha value is -4.38. The van der Waals surface area contributed by atoms with Crippen LogP contribution in [0.1, 0.15) is 21.6 Å². The number of methoxy groups -OCH3 is 1. The quantitative estimate of drug-likeness (QED) is 0.303.